The van der Waals surface area contributed by atoms with Gasteiger partial charge in [0, 0.05) is 22.9 Å². The average molecular weight is 460 g/mol. The van der Waals surface area contributed by atoms with Crippen LogP contribution in [0.3, 0.4) is 0 Å². The molecule has 34 heavy (non-hydrogen) atoms. The van der Waals surface area contributed by atoms with Crippen molar-refractivity contribution in [3.8, 4) is 17.2 Å². The van der Waals surface area contributed by atoms with Crippen LogP contribution >= 0.6 is 0 Å². The summed E-state index contributed by atoms with van der Waals surface area (Å²) in [6.07, 6.45) is 1.04. The van der Waals surface area contributed by atoms with Crippen molar-refractivity contribution in [2.24, 2.45) is 0 Å². The van der Waals surface area contributed by atoms with E-state index in [4.69, 9.17) is 9.15 Å². The fourth-order valence-corrected chi connectivity index (χ4v) is 3.62. The molecule has 8 heteroatoms. The van der Waals surface area contributed by atoms with Crippen LogP contribution in [0.1, 0.15) is 49.0 Å². The number of oxazole rings is 1. The molecule has 0 aliphatic heterocycles. The summed E-state index contributed by atoms with van der Waals surface area (Å²) in [5, 5.41) is 14.1. The first kappa shape index (κ1) is 23.0. The predicted octanol–water partition coefficient (Wildman–Crippen LogP) is 6.57. The minimum absolute atomic E-state index is 0.124. The smallest absolute Gasteiger partial charge is 0.311 e. The minimum Gasteiger partial charge on any atom is -0.487 e. The fourth-order valence-electron chi connectivity index (χ4n) is 3.62. The summed E-state index contributed by atoms with van der Waals surface area (Å²) < 4.78 is 11.2. The van der Waals surface area contributed by atoms with E-state index in [1.54, 1.807) is 25.1 Å². The molecule has 174 valence electrons. The van der Waals surface area contributed by atoms with Crippen LogP contribution in [0, 0.1) is 10.1 Å². The molecule has 0 aliphatic carbocycles. The molecule has 1 aromatic heterocycles. The second-order valence-electron chi connectivity index (χ2n) is 7.96. The van der Waals surface area contributed by atoms with Crippen LogP contribution in [-0.4, -0.2) is 22.4 Å². The topological polar surface area (TPSA) is 108 Å². The number of anilines is 1. The highest BCUT2D eigenvalue weighted by Crippen LogP contribution is 2.30. The first-order valence-electron chi connectivity index (χ1n) is 11.1. The third kappa shape index (κ3) is 4.76. The van der Waals surface area contributed by atoms with Crippen molar-refractivity contribution in [2.45, 2.75) is 33.1 Å². The largest absolute Gasteiger partial charge is 0.487 e. The highest BCUT2D eigenvalue weighted by Gasteiger charge is 2.19. The first-order chi connectivity index (χ1) is 16.4. The maximum absolute atomic E-state index is 12.8. The molecule has 8 nitrogen and oxygen atoms in total. The standard InChI is InChI=1S/C26H25N3O5/c1-4-16(3)17-9-11-23-21(14-17)28-26(34-23)19-7-6-8-20(13-19)27-25(30)18-10-12-24(33-5-2)22(15-18)29(31)32/h6-16H,4-5H2,1-3H3,(H,27,30). The van der Waals surface area contributed by atoms with E-state index in [1.807, 2.05) is 18.2 Å². The number of ether oxygens (including phenoxy) is 1. The first-order valence-corrected chi connectivity index (χ1v) is 11.1. The Labute approximate surface area is 196 Å². The third-order valence-corrected chi connectivity index (χ3v) is 5.68. The number of carbonyl (C=O) groups excluding carboxylic acids is 1. The number of nitro benzene ring substituents is 1. The lowest BCUT2D eigenvalue weighted by Gasteiger charge is -2.08. The molecule has 0 aliphatic rings. The van der Waals surface area contributed by atoms with E-state index in [-0.39, 0.29) is 23.6 Å². The van der Waals surface area contributed by atoms with Gasteiger partial charge in [-0.25, -0.2) is 4.98 Å². The van der Waals surface area contributed by atoms with E-state index in [0.29, 0.717) is 28.6 Å². The maximum atomic E-state index is 12.8. The molecule has 0 fully saturated rings. The van der Waals surface area contributed by atoms with Crippen LogP contribution in [0.2, 0.25) is 0 Å². The predicted molar refractivity (Wildman–Crippen MR) is 130 cm³/mol. The Hall–Kier alpha value is -4.20. The zero-order valence-electron chi connectivity index (χ0n) is 19.2. The summed E-state index contributed by atoms with van der Waals surface area (Å²) in [5.41, 5.74) is 3.80. The number of benzene rings is 3. The van der Waals surface area contributed by atoms with E-state index in [2.05, 4.69) is 30.2 Å². The monoisotopic (exact) mass is 459 g/mol. The lowest BCUT2D eigenvalue weighted by molar-refractivity contribution is -0.385. The van der Waals surface area contributed by atoms with E-state index >= 15 is 0 Å². The van der Waals surface area contributed by atoms with Gasteiger partial charge in [-0.3, -0.25) is 14.9 Å². The molecular weight excluding hydrogens is 434 g/mol. The molecular formula is C26H25N3O5. The maximum Gasteiger partial charge on any atom is 0.311 e. The minimum atomic E-state index is -0.567. The van der Waals surface area contributed by atoms with Gasteiger partial charge in [0.05, 0.1) is 11.5 Å². The van der Waals surface area contributed by atoms with Crippen molar-refractivity contribution in [1.29, 1.82) is 0 Å². The quantitative estimate of drug-likeness (QED) is 0.236. The molecule has 0 bridgehead atoms. The summed E-state index contributed by atoms with van der Waals surface area (Å²) in [5.74, 6) is 0.531. The number of aromatic nitrogens is 1. The second kappa shape index (κ2) is 9.74. The summed E-state index contributed by atoms with van der Waals surface area (Å²) in [6.45, 7) is 6.34. The van der Waals surface area contributed by atoms with E-state index in [9.17, 15) is 14.9 Å². The SMILES string of the molecule is CCOc1ccc(C(=O)Nc2cccc(-c3nc4cc(C(C)CC)ccc4o3)c2)cc1[N+](=O)[O-]. The van der Waals surface area contributed by atoms with Gasteiger partial charge < -0.3 is 14.5 Å². The molecule has 0 saturated heterocycles. The summed E-state index contributed by atoms with van der Waals surface area (Å²) in [6, 6.07) is 17.3. The Balaban J connectivity index is 1.58. The van der Waals surface area contributed by atoms with Crippen LogP contribution < -0.4 is 10.1 Å². The number of carbonyl (C=O) groups is 1. The van der Waals surface area contributed by atoms with Gasteiger partial charge in [0.2, 0.25) is 5.89 Å². The van der Waals surface area contributed by atoms with Crippen molar-refractivity contribution >= 4 is 28.4 Å². The van der Waals surface area contributed by atoms with Gasteiger partial charge in [-0.05, 0) is 67.3 Å². The number of fused-ring (bicyclic) bond motifs is 1. The Kier molecular flexibility index (Phi) is 6.58. The Morgan fingerprint density at radius 1 is 1.15 bits per heavy atom. The molecule has 1 amide bonds. The zero-order chi connectivity index (χ0) is 24.2. The van der Waals surface area contributed by atoms with Gasteiger partial charge in [0.1, 0.15) is 5.52 Å². The molecule has 1 N–H and O–H groups in total. The molecule has 4 aromatic rings. The van der Waals surface area contributed by atoms with Gasteiger partial charge in [0.25, 0.3) is 5.91 Å². The van der Waals surface area contributed by atoms with Crippen LogP contribution in [0.15, 0.2) is 65.1 Å². The van der Waals surface area contributed by atoms with Crippen molar-refractivity contribution in [1.82, 2.24) is 4.98 Å². The number of hydrogen-bond donors (Lipinski definition) is 1. The number of rotatable bonds is 8. The molecule has 1 unspecified atom stereocenters. The zero-order valence-corrected chi connectivity index (χ0v) is 19.2. The van der Waals surface area contributed by atoms with Gasteiger partial charge in [0.15, 0.2) is 11.3 Å². The van der Waals surface area contributed by atoms with Gasteiger partial charge in [-0.15, -0.1) is 0 Å². The summed E-state index contributed by atoms with van der Waals surface area (Å²) in [4.78, 5) is 28.2. The molecule has 1 heterocycles. The second-order valence-corrected chi connectivity index (χ2v) is 7.96. The molecule has 3 aromatic carbocycles. The Bertz CT molecular complexity index is 1360. The van der Waals surface area contributed by atoms with Crippen LogP contribution in [0.5, 0.6) is 5.75 Å². The van der Waals surface area contributed by atoms with Gasteiger partial charge in [-0.2, -0.15) is 0 Å². The molecule has 0 saturated carbocycles. The number of nitrogens with zero attached hydrogens (tertiary/aromatic N) is 2. The Morgan fingerprint density at radius 2 is 1.97 bits per heavy atom. The van der Waals surface area contributed by atoms with Crippen LogP contribution in [0.4, 0.5) is 11.4 Å². The number of hydrogen-bond acceptors (Lipinski definition) is 6. The number of nitrogens with one attached hydrogen (secondary N) is 1. The van der Waals surface area contributed by atoms with Crippen molar-refractivity contribution in [3.05, 3.63) is 81.9 Å². The lowest BCUT2D eigenvalue weighted by Crippen LogP contribution is -2.12. The van der Waals surface area contributed by atoms with Crippen molar-refractivity contribution < 1.29 is 18.9 Å². The fraction of sp³-hybridized carbons (Fsp3) is 0.231. The van der Waals surface area contributed by atoms with Crippen molar-refractivity contribution in [3.63, 3.8) is 0 Å². The van der Waals surface area contributed by atoms with Crippen LogP contribution in [-0.2, 0) is 0 Å². The Morgan fingerprint density at radius 3 is 2.71 bits per heavy atom. The summed E-state index contributed by atoms with van der Waals surface area (Å²) >= 11 is 0. The van der Waals surface area contributed by atoms with E-state index in [0.717, 1.165) is 11.9 Å². The molecule has 4 rings (SSSR count). The van der Waals surface area contributed by atoms with Crippen LogP contribution in [0.25, 0.3) is 22.6 Å². The van der Waals surface area contributed by atoms with Crippen molar-refractivity contribution in [2.75, 3.05) is 11.9 Å². The highest BCUT2D eigenvalue weighted by atomic mass is 16.6. The summed E-state index contributed by atoms with van der Waals surface area (Å²) in [7, 11) is 0. The molecule has 1 atom stereocenters. The normalized spacial score (nSPS) is 11.9. The van der Waals surface area contributed by atoms with E-state index < -0.39 is 10.8 Å². The van der Waals surface area contributed by atoms with Gasteiger partial charge in [-0.1, -0.05) is 26.0 Å². The molecule has 0 radical (unpaired) electrons. The number of amides is 1. The third-order valence-electron chi connectivity index (χ3n) is 5.68. The lowest BCUT2D eigenvalue weighted by atomic mass is 9.98. The average Bonchev–Trinajstić information content (AvgIpc) is 3.27. The highest BCUT2D eigenvalue weighted by molar-refractivity contribution is 6.05. The number of nitro groups is 1. The van der Waals surface area contributed by atoms with Gasteiger partial charge >= 0.3 is 5.69 Å². The molecule has 0 spiro atoms. The van der Waals surface area contributed by atoms with E-state index in [1.165, 1.54) is 23.8 Å².